The Balaban J connectivity index is 2.31. The highest BCUT2D eigenvalue weighted by atomic mass is 79.9. The molecular formula is C13H7Br3N2O3. The number of hydrogen-bond acceptors (Lipinski definition) is 3. The third-order valence-electron chi connectivity index (χ3n) is 2.53. The Bertz CT molecular complexity index is 714. The van der Waals surface area contributed by atoms with Crippen molar-refractivity contribution in [2.24, 2.45) is 0 Å². The molecule has 0 aliphatic rings. The number of halogens is 3. The van der Waals surface area contributed by atoms with E-state index in [4.69, 9.17) is 0 Å². The van der Waals surface area contributed by atoms with Crippen LogP contribution in [0.2, 0.25) is 0 Å². The monoisotopic (exact) mass is 476 g/mol. The van der Waals surface area contributed by atoms with Crippen LogP contribution in [0, 0.1) is 10.1 Å². The largest absolute Gasteiger partial charge is 0.321 e. The SMILES string of the molecule is O=C(Nc1cc([N+](=O)[O-])ccc1Br)c1cc(Br)cc(Br)c1. The number of nitro benzene ring substituents is 1. The number of rotatable bonds is 3. The quantitative estimate of drug-likeness (QED) is 0.490. The van der Waals surface area contributed by atoms with Gasteiger partial charge in [0.15, 0.2) is 0 Å². The van der Waals surface area contributed by atoms with Crippen LogP contribution in [-0.2, 0) is 0 Å². The number of benzene rings is 2. The molecule has 1 N–H and O–H groups in total. The highest BCUT2D eigenvalue weighted by molar-refractivity contribution is 9.11. The molecule has 0 fully saturated rings. The number of amides is 1. The van der Waals surface area contributed by atoms with Gasteiger partial charge in [0.25, 0.3) is 11.6 Å². The highest BCUT2D eigenvalue weighted by Gasteiger charge is 2.13. The molecule has 0 saturated carbocycles. The van der Waals surface area contributed by atoms with Crippen LogP contribution in [-0.4, -0.2) is 10.8 Å². The molecule has 1 amide bonds. The van der Waals surface area contributed by atoms with Gasteiger partial charge in [-0.15, -0.1) is 0 Å². The molecular weight excluding hydrogens is 472 g/mol. The third kappa shape index (κ3) is 4.12. The Morgan fingerprint density at radius 3 is 2.24 bits per heavy atom. The molecule has 0 radical (unpaired) electrons. The lowest BCUT2D eigenvalue weighted by atomic mass is 10.2. The summed E-state index contributed by atoms with van der Waals surface area (Å²) >= 11 is 9.86. The Labute approximate surface area is 145 Å². The lowest BCUT2D eigenvalue weighted by Gasteiger charge is -2.08. The zero-order valence-electron chi connectivity index (χ0n) is 10.3. The van der Waals surface area contributed by atoms with Crippen molar-refractivity contribution in [2.45, 2.75) is 0 Å². The molecule has 2 aromatic carbocycles. The minimum atomic E-state index is -0.516. The van der Waals surface area contributed by atoms with Gasteiger partial charge >= 0.3 is 0 Å². The number of carbonyl (C=O) groups is 1. The lowest BCUT2D eigenvalue weighted by molar-refractivity contribution is -0.384. The van der Waals surface area contributed by atoms with Crippen LogP contribution in [0.5, 0.6) is 0 Å². The van der Waals surface area contributed by atoms with Crippen LogP contribution >= 0.6 is 47.8 Å². The molecule has 0 unspecified atom stereocenters. The van der Waals surface area contributed by atoms with Gasteiger partial charge in [0.2, 0.25) is 0 Å². The first-order valence-corrected chi connectivity index (χ1v) is 7.96. The van der Waals surface area contributed by atoms with Crippen LogP contribution in [0.25, 0.3) is 0 Å². The Hall–Kier alpha value is -1.25. The smallest absolute Gasteiger partial charge is 0.271 e. The summed E-state index contributed by atoms with van der Waals surface area (Å²) in [5.74, 6) is -0.363. The standard InChI is InChI=1S/C13H7Br3N2O3/c14-8-3-7(4-9(15)5-8)13(19)17-12-6-10(18(20)21)1-2-11(12)16/h1-6H,(H,17,19). The van der Waals surface area contributed by atoms with E-state index >= 15 is 0 Å². The van der Waals surface area contributed by atoms with E-state index in [1.165, 1.54) is 18.2 Å². The molecule has 8 heteroatoms. The maximum absolute atomic E-state index is 12.2. The summed E-state index contributed by atoms with van der Waals surface area (Å²) in [6.45, 7) is 0. The first-order chi connectivity index (χ1) is 9.86. The van der Waals surface area contributed by atoms with Gasteiger partial charge in [-0.05, 0) is 40.2 Å². The van der Waals surface area contributed by atoms with Gasteiger partial charge in [-0.25, -0.2) is 0 Å². The van der Waals surface area contributed by atoms with Crippen molar-refractivity contribution in [1.29, 1.82) is 0 Å². The zero-order valence-corrected chi connectivity index (χ0v) is 15.0. The number of nitrogens with one attached hydrogen (secondary N) is 1. The van der Waals surface area contributed by atoms with Gasteiger partial charge in [-0.3, -0.25) is 14.9 Å². The fraction of sp³-hybridized carbons (Fsp3) is 0. The summed E-state index contributed by atoms with van der Waals surface area (Å²) in [6, 6.07) is 9.30. The Morgan fingerprint density at radius 1 is 1.05 bits per heavy atom. The van der Waals surface area contributed by atoms with E-state index in [1.54, 1.807) is 18.2 Å². The lowest BCUT2D eigenvalue weighted by Crippen LogP contribution is -2.12. The van der Waals surface area contributed by atoms with E-state index in [-0.39, 0.29) is 11.6 Å². The first kappa shape index (κ1) is 16.1. The van der Waals surface area contributed by atoms with Crippen molar-refractivity contribution in [3.05, 3.63) is 65.5 Å². The second-order valence-corrected chi connectivity index (χ2v) is 6.72. The van der Waals surface area contributed by atoms with E-state index in [0.717, 1.165) is 8.95 Å². The van der Waals surface area contributed by atoms with Crippen LogP contribution < -0.4 is 5.32 Å². The van der Waals surface area contributed by atoms with Crippen LogP contribution in [0.4, 0.5) is 11.4 Å². The average molecular weight is 479 g/mol. The van der Waals surface area contributed by atoms with Gasteiger partial charge in [0, 0.05) is 31.1 Å². The number of anilines is 1. The third-order valence-corrected chi connectivity index (χ3v) is 4.14. The molecule has 21 heavy (non-hydrogen) atoms. The maximum Gasteiger partial charge on any atom is 0.271 e. The minimum absolute atomic E-state index is 0.0936. The summed E-state index contributed by atoms with van der Waals surface area (Å²) in [5, 5.41) is 13.4. The van der Waals surface area contributed by atoms with E-state index in [9.17, 15) is 14.9 Å². The summed E-state index contributed by atoms with van der Waals surface area (Å²) in [4.78, 5) is 22.5. The van der Waals surface area contributed by atoms with E-state index in [1.807, 2.05) is 0 Å². The summed E-state index contributed by atoms with van der Waals surface area (Å²) in [5.41, 5.74) is 0.670. The first-order valence-electron chi connectivity index (χ1n) is 5.58. The fourth-order valence-corrected chi connectivity index (χ4v) is 3.24. The van der Waals surface area contributed by atoms with Crippen LogP contribution in [0.15, 0.2) is 49.8 Å². The second kappa shape index (κ2) is 6.67. The summed E-state index contributed by atoms with van der Waals surface area (Å²) < 4.78 is 2.07. The van der Waals surface area contributed by atoms with Crippen LogP contribution in [0.1, 0.15) is 10.4 Å². The molecule has 0 heterocycles. The molecule has 108 valence electrons. The van der Waals surface area contributed by atoms with Gasteiger partial charge in [-0.1, -0.05) is 31.9 Å². The number of carbonyl (C=O) groups excluding carboxylic acids is 1. The molecule has 0 saturated heterocycles. The summed E-state index contributed by atoms with van der Waals surface area (Å²) in [7, 11) is 0. The van der Waals surface area contributed by atoms with Crippen molar-refractivity contribution in [3.8, 4) is 0 Å². The fourth-order valence-electron chi connectivity index (χ4n) is 1.60. The number of hydrogen-bond donors (Lipinski definition) is 1. The van der Waals surface area contributed by atoms with E-state index in [0.29, 0.717) is 15.7 Å². The molecule has 2 aromatic rings. The summed E-state index contributed by atoms with van der Waals surface area (Å²) in [6.07, 6.45) is 0. The van der Waals surface area contributed by atoms with Gasteiger partial charge in [-0.2, -0.15) is 0 Å². The van der Waals surface area contributed by atoms with E-state index in [2.05, 4.69) is 53.1 Å². The molecule has 0 atom stereocenters. The maximum atomic E-state index is 12.2. The van der Waals surface area contributed by atoms with Gasteiger partial charge < -0.3 is 5.32 Å². The molecule has 2 rings (SSSR count). The number of non-ortho nitro benzene ring substituents is 1. The molecule has 0 aliphatic carbocycles. The molecule has 0 aromatic heterocycles. The zero-order chi connectivity index (χ0) is 15.6. The second-order valence-electron chi connectivity index (χ2n) is 4.03. The average Bonchev–Trinajstić information content (AvgIpc) is 2.39. The van der Waals surface area contributed by atoms with E-state index < -0.39 is 4.92 Å². The topological polar surface area (TPSA) is 72.2 Å². The molecule has 0 spiro atoms. The van der Waals surface area contributed by atoms with Crippen molar-refractivity contribution < 1.29 is 9.72 Å². The highest BCUT2D eigenvalue weighted by Crippen LogP contribution is 2.28. The van der Waals surface area contributed by atoms with Crippen molar-refractivity contribution in [3.63, 3.8) is 0 Å². The number of nitro groups is 1. The number of nitrogens with zero attached hydrogens (tertiary/aromatic N) is 1. The molecule has 0 aliphatic heterocycles. The van der Waals surface area contributed by atoms with Gasteiger partial charge in [0.1, 0.15) is 0 Å². The molecule has 0 bridgehead atoms. The predicted molar refractivity (Wildman–Crippen MR) is 90.6 cm³/mol. The van der Waals surface area contributed by atoms with Gasteiger partial charge in [0.05, 0.1) is 10.6 Å². The Kier molecular flexibility index (Phi) is 5.13. The Morgan fingerprint density at radius 2 is 1.67 bits per heavy atom. The predicted octanol–water partition coefficient (Wildman–Crippen LogP) is 5.13. The van der Waals surface area contributed by atoms with Crippen LogP contribution in [0.3, 0.4) is 0 Å². The normalized spacial score (nSPS) is 10.2. The minimum Gasteiger partial charge on any atom is -0.321 e. The van der Waals surface area contributed by atoms with Crippen molar-refractivity contribution in [2.75, 3.05) is 5.32 Å². The van der Waals surface area contributed by atoms with Crippen molar-refractivity contribution >= 4 is 65.1 Å². The van der Waals surface area contributed by atoms with Crippen molar-refractivity contribution in [1.82, 2.24) is 0 Å². The molecule has 5 nitrogen and oxygen atoms in total.